The van der Waals surface area contributed by atoms with E-state index in [1.807, 2.05) is 29.6 Å². The number of nitrogens with one attached hydrogen (secondary N) is 1. The Kier molecular flexibility index (Phi) is 4.72. The van der Waals surface area contributed by atoms with Crippen molar-refractivity contribution in [1.29, 1.82) is 0 Å². The van der Waals surface area contributed by atoms with Crippen LogP contribution >= 0.6 is 11.3 Å². The molecular formula is C19H18FNO3S. The first-order chi connectivity index (χ1) is 12.0. The van der Waals surface area contributed by atoms with Crippen LogP contribution in [-0.2, 0) is 14.3 Å². The fraction of sp³-hybridized carbons (Fsp3) is 0.263. The number of hydrogen-bond donors (Lipinski definition) is 1. The lowest BCUT2D eigenvalue weighted by atomic mass is 9.79. The zero-order valence-corrected chi connectivity index (χ0v) is 15.0. The van der Waals surface area contributed by atoms with E-state index in [0.29, 0.717) is 11.3 Å². The SMILES string of the molecule is COC(=O)C1=C(CF)NC(C)=C(C(C)=O)C1c1csc2ccccc12. The highest BCUT2D eigenvalue weighted by atomic mass is 32.1. The largest absolute Gasteiger partial charge is 0.466 e. The van der Waals surface area contributed by atoms with Gasteiger partial charge >= 0.3 is 5.97 Å². The van der Waals surface area contributed by atoms with E-state index in [4.69, 9.17) is 4.74 Å². The van der Waals surface area contributed by atoms with Crippen molar-refractivity contribution in [2.24, 2.45) is 0 Å². The average Bonchev–Trinajstić information content (AvgIpc) is 3.03. The molecule has 2 aromatic rings. The number of carbonyl (C=O) groups is 2. The lowest BCUT2D eigenvalue weighted by Crippen LogP contribution is -2.32. The monoisotopic (exact) mass is 359 g/mol. The first kappa shape index (κ1) is 17.4. The maximum absolute atomic E-state index is 13.6. The molecule has 1 unspecified atom stereocenters. The van der Waals surface area contributed by atoms with Gasteiger partial charge < -0.3 is 10.1 Å². The van der Waals surface area contributed by atoms with Crippen LogP contribution in [0.4, 0.5) is 4.39 Å². The first-order valence-electron chi connectivity index (χ1n) is 7.81. The smallest absolute Gasteiger partial charge is 0.336 e. The molecule has 0 radical (unpaired) electrons. The maximum atomic E-state index is 13.6. The number of rotatable bonds is 4. The van der Waals surface area contributed by atoms with Crippen molar-refractivity contribution in [3.63, 3.8) is 0 Å². The molecule has 6 heteroatoms. The van der Waals surface area contributed by atoms with E-state index in [0.717, 1.165) is 15.6 Å². The Morgan fingerprint density at radius 2 is 2.00 bits per heavy atom. The number of methoxy groups -OCH3 is 1. The van der Waals surface area contributed by atoms with Crippen LogP contribution in [0, 0.1) is 0 Å². The molecular weight excluding hydrogens is 341 g/mol. The normalized spacial score (nSPS) is 17.7. The molecule has 1 aliphatic heterocycles. The van der Waals surface area contributed by atoms with Gasteiger partial charge in [0.05, 0.1) is 18.4 Å². The molecule has 3 rings (SSSR count). The summed E-state index contributed by atoms with van der Waals surface area (Å²) >= 11 is 1.53. The van der Waals surface area contributed by atoms with E-state index in [-0.39, 0.29) is 17.1 Å². The topological polar surface area (TPSA) is 55.4 Å². The number of benzene rings is 1. The maximum Gasteiger partial charge on any atom is 0.336 e. The van der Waals surface area contributed by atoms with Crippen molar-refractivity contribution in [3.8, 4) is 0 Å². The van der Waals surface area contributed by atoms with Gasteiger partial charge in [-0.05, 0) is 36.2 Å². The second-order valence-electron chi connectivity index (χ2n) is 5.86. The minimum absolute atomic E-state index is 0.148. The third kappa shape index (κ3) is 2.87. The average molecular weight is 359 g/mol. The molecule has 1 N–H and O–H groups in total. The standard InChI is InChI=1S/C19H18FNO3S/c1-10-16(11(2)22)17(18(19(23)24-3)14(8-20)21-10)13-9-25-15-7-5-4-6-12(13)15/h4-7,9,17,21H,8H2,1-3H3. The predicted molar refractivity (Wildman–Crippen MR) is 96.1 cm³/mol. The molecule has 1 aromatic heterocycles. The van der Waals surface area contributed by atoms with Crippen LogP contribution in [0.5, 0.6) is 0 Å². The molecule has 130 valence electrons. The second-order valence-corrected chi connectivity index (χ2v) is 6.77. The number of hydrogen-bond acceptors (Lipinski definition) is 5. The number of thiophene rings is 1. The van der Waals surface area contributed by atoms with Crippen LogP contribution in [-0.4, -0.2) is 25.5 Å². The third-order valence-electron chi connectivity index (χ3n) is 4.39. The van der Waals surface area contributed by atoms with Crippen molar-refractivity contribution in [2.45, 2.75) is 19.8 Å². The van der Waals surface area contributed by atoms with Crippen molar-refractivity contribution in [3.05, 3.63) is 57.7 Å². The van der Waals surface area contributed by atoms with Gasteiger partial charge in [0.1, 0.15) is 6.67 Å². The van der Waals surface area contributed by atoms with Gasteiger partial charge in [0.2, 0.25) is 0 Å². The summed E-state index contributed by atoms with van der Waals surface area (Å²) in [6, 6.07) is 7.76. The molecule has 0 amide bonds. The Morgan fingerprint density at radius 1 is 1.28 bits per heavy atom. The van der Waals surface area contributed by atoms with Gasteiger partial charge in [0.15, 0.2) is 5.78 Å². The van der Waals surface area contributed by atoms with Crippen LogP contribution in [0.2, 0.25) is 0 Å². The molecule has 4 nitrogen and oxygen atoms in total. The summed E-state index contributed by atoms with van der Waals surface area (Å²) in [6.45, 7) is 2.34. The Bertz CT molecular complexity index is 926. The molecule has 1 aromatic carbocycles. The van der Waals surface area contributed by atoms with Crippen LogP contribution in [0.1, 0.15) is 25.3 Å². The number of alkyl halides is 1. The van der Waals surface area contributed by atoms with Crippen LogP contribution in [0.15, 0.2) is 52.2 Å². The highest BCUT2D eigenvalue weighted by Gasteiger charge is 2.37. The number of Topliss-reactive ketones (excluding diaryl/α,β-unsaturated/α-hetero) is 1. The van der Waals surface area contributed by atoms with E-state index >= 15 is 0 Å². The predicted octanol–water partition coefficient (Wildman–Crippen LogP) is 3.85. The van der Waals surface area contributed by atoms with E-state index in [9.17, 15) is 14.0 Å². The Labute approximate surface area is 149 Å². The van der Waals surface area contributed by atoms with Gasteiger partial charge in [-0.1, -0.05) is 18.2 Å². The van der Waals surface area contributed by atoms with Crippen LogP contribution in [0.25, 0.3) is 10.1 Å². The number of ketones is 1. The lowest BCUT2D eigenvalue weighted by Gasteiger charge is -2.30. The molecule has 25 heavy (non-hydrogen) atoms. The minimum atomic E-state index is -0.842. The van der Waals surface area contributed by atoms with Crippen molar-refractivity contribution in [1.82, 2.24) is 5.32 Å². The highest BCUT2D eigenvalue weighted by molar-refractivity contribution is 7.17. The fourth-order valence-corrected chi connectivity index (χ4v) is 4.34. The minimum Gasteiger partial charge on any atom is -0.466 e. The number of carbonyl (C=O) groups excluding carboxylic acids is 2. The Balaban J connectivity index is 2.31. The summed E-state index contributed by atoms with van der Waals surface area (Å²) in [5.41, 5.74) is 2.14. The summed E-state index contributed by atoms with van der Waals surface area (Å²) in [4.78, 5) is 24.8. The Morgan fingerprint density at radius 3 is 2.64 bits per heavy atom. The molecule has 2 heterocycles. The number of fused-ring (bicyclic) bond motifs is 1. The highest BCUT2D eigenvalue weighted by Crippen LogP contribution is 2.43. The molecule has 0 saturated carbocycles. The first-order valence-corrected chi connectivity index (χ1v) is 8.69. The van der Waals surface area contributed by atoms with E-state index in [2.05, 4.69) is 5.32 Å². The van der Waals surface area contributed by atoms with Gasteiger partial charge in [0.25, 0.3) is 0 Å². The zero-order chi connectivity index (χ0) is 18.1. The van der Waals surface area contributed by atoms with Gasteiger partial charge in [-0.15, -0.1) is 11.3 Å². The van der Waals surface area contributed by atoms with Crippen LogP contribution in [0.3, 0.4) is 0 Å². The number of dihydropyridines is 1. The summed E-state index contributed by atoms with van der Waals surface area (Å²) in [7, 11) is 1.26. The van der Waals surface area contributed by atoms with Crippen molar-refractivity contribution in [2.75, 3.05) is 13.8 Å². The molecule has 1 atom stereocenters. The molecule has 1 aliphatic rings. The van der Waals surface area contributed by atoms with Crippen LogP contribution < -0.4 is 5.32 Å². The zero-order valence-electron chi connectivity index (χ0n) is 14.2. The molecule has 0 spiro atoms. The van der Waals surface area contributed by atoms with E-state index in [1.165, 1.54) is 25.4 Å². The summed E-state index contributed by atoms with van der Waals surface area (Å²) < 4.78 is 19.6. The second kappa shape index (κ2) is 6.80. The van der Waals surface area contributed by atoms with Gasteiger partial charge in [-0.3, -0.25) is 4.79 Å². The number of ether oxygens (including phenoxy) is 1. The summed E-state index contributed by atoms with van der Waals surface area (Å²) in [6.07, 6.45) is 0. The quantitative estimate of drug-likeness (QED) is 0.843. The molecule has 0 aliphatic carbocycles. The molecule has 0 fully saturated rings. The van der Waals surface area contributed by atoms with Gasteiger partial charge in [0, 0.05) is 21.9 Å². The number of esters is 1. The third-order valence-corrected chi connectivity index (χ3v) is 5.37. The van der Waals surface area contributed by atoms with Crippen molar-refractivity contribution >= 4 is 33.2 Å². The Hall–Kier alpha value is -2.47. The molecule has 0 saturated heterocycles. The fourth-order valence-electron chi connectivity index (χ4n) is 3.35. The lowest BCUT2D eigenvalue weighted by molar-refractivity contribution is -0.136. The summed E-state index contributed by atoms with van der Waals surface area (Å²) in [5, 5.41) is 5.74. The van der Waals surface area contributed by atoms with E-state index in [1.54, 1.807) is 6.92 Å². The molecule has 0 bridgehead atoms. The van der Waals surface area contributed by atoms with Gasteiger partial charge in [-0.2, -0.15) is 0 Å². The van der Waals surface area contributed by atoms with Gasteiger partial charge in [-0.25, -0.2) is 9.18 Å². The number of halogens is 1. The summed E-state index contributed by atoms with van der Waals surface area (Å²) in [5.74, 6) is -1.44. The van der Waals surface area contributed by atoms with E-state index < -0.39 is 18.6 Å². The van der Waals surface area contributed by atoms with Crippen molar-refractivity contribution < 1.29 is 18.7 Å². The number of allylic oxidation sites excluding steroid dienone is 3.